The third-order valence-electron chi connectivity index (χ3n) is 1.51. The molecule has 0 amide bonds. The van der Waals surface area contributed by atoms with E-state index < -0.39 is 0 Å². The second-order valence-corrected chi connectivity index (χ2v) is 2.77. The minimum absolute atomic E-state index is 0.0704. The predicted molar refractivity (Wildman–Crippen MR) is 49.8 cm³/mol. The van der Waals surface area contributed by atoms with Crippen molar-refractivity contribution in [2.45, 2.75) is 13.0 Å². The van der Waals surface area contributed by atoms with Crippen molar-refractivity contribution in [1.82, 2.24) is 9.97 Å². The topological polar surface area (TPSA) is 67.0 Å². The third-order valence-corrected chi connectivity index (χ3v) is 1.51. The van der Waals surface area contributed by atoms with Crippen molar-refractivity contribution in [2.75, 3.05) is 19.0 Å². The van der Waals surface area contributed by atoms with Crippen LogP contribution < -0.4 is 10.9 Å². The Morgan fingerprint density at radius 2 is 2.54 bits per heavy atom. The number of nitrogens with zero attached hydrogens (tertiary/aromatic N) is 1. The number of hydrogen-bond acceptors (Lipinski definition) is 4. The summed E-state index contributed by atoms with van der Waals surface area (Å²) in [5.74, 6) is 0.326. The molecule has 5 heteroatoms. The Kier molecular flexibility index (Phi) is 3.45. The van der Waals surface area contributed by atoms with Crippen LogP contribution in [0.3, 0.4) is 0 Å². The lowest BCUT2D eigenvalue weighted by atomic mass is 10.3. The Bertz CT molecular complexity index is 310. The molecule has 0 radical (unpaired) electrons. The van der Waals surface area contributed by atoms with Gasteiger partial charge in [0.15, 0.2) is 5.82 Å². The van der Waals surface area contributed by atoms with Gasteiger partial charge in [-0.1, -0.05) is 0 Å². The van der Waals surface area contributed by atoms with Crippen LogP contribution in [0, 0.1) is 0 Å². The van der Waals surface area contributed by atoms with Crippen LogP contribution in [-0.2, 0) is 4.74 Å². The van der Waals surface area contributed by atoms with E-state index in [4.69, 9.17) is 4.74 Å². The van der Waals surface area contributed by atoms with Gasteiger partial charge in [0.25, 0.3) is 5.56 Å². The van der Waals surface area contributed by atoms with E-state index in [1.54, 1.807) is 7.11 Å². The Morgan fingerprint density at radius 1 is 1.77 bits per heavy atom. The molecule has 0 saturated carbocycles. The number of ether oxygens (including phenoxy) is 1. The van der Waals surface area contributed by atoms with E-state index in [-0.39, 0.29) is 11.6 Å². The maximum Gasteiger partial charge on any atom is 0.290 e. The molecule has 72 valence electrons. The molecule has 0 aliphatic rings. The number of H-pyrrole nitrogens is 1. The lowest BCUT2D eigenvalue weighted by Gasteiger charge is -2.11. The molecule has 13 heavy (non-hydrogen) atoms. The zero-order valence-electron chi connectivity index (χ0n) is 7.70. The van der Waals surface area contributed by atoms with Crippen LogP contribution in [0.2, 0.25) is 0 Å². The zero-order valence-corrected chi connectivity index (χ0v) is 7.70. The summed E-state index contributed by atoms with van der Waals surface area (Å²) in [6.07, 6.45) is 3.03. The highest BCUT2D eigenvalue weighted by atomic mass is 16.5. The SMILES string of the molecule is COCC(C)Nc1ncc[nH]c1=O. The standard InChI is InChI=1S/C8H13N3O2/c1-6(5-13-2)11-7-8(12)10-4-3-9-7/h3-4,6H,5H2,1-2H3,(H,9,11)(H,10,12). The first-order valence-corrected chi connectivity index (χ1v) is 4.03. The van der Waals surface area contributed by atoms with Gasteiger partial charge in [-0.05, 0) is 6.92 Å². The number of aromatic amines is 1. The molecular weight excluding hydrogens is 170 g/mol. The maximum absolute atomic E-state index is 11.1. The van der Waals surface area contributed by atoms with Gasteiger partial charge in [0.2, 0.25) is 0 Å². The normalized spacial score (nSPS) is 12.5. The first-order chi connectivity index (χ1) is 6.24. The number of hydrogen-bond donors (Lipinski definition) is 2. The van der Waals surface area contributed by atoms with E-state index in [2.05, 4.69) is 15.3 Å². The fourth-order valence-corrected chi connectivity index (χ4v) is 0.980. The van der Waals surface area contributed by atoms with Gasteiger partial charge < -0.3 is 15.0 Å². The quantitative estimate of drug-likeness (QED) is 0.700. The molecule has 1 aromatic rings. The van der Waals surface area contributed by atoms with Crippen LogP contribution in [0.25, 0.3) is 0 Å². The smallest absolute Gasteiger partial charge is 0.290 e. The van der Waals surface area contributed by atoms with E-state index in [9.17, 15) is 4.79 Å². The molecule has 0 aliphatic heterocycles. The van der Waals surface area contributed by atoms with E-state index in [0.29, 0.717) is 12.4 Å². The minimum Gasteiger partial charge on any atom is -0.383 e. The lowest BCUT2D eigenvalue weighted by molar-refractivity contribution is 0.190. The van der Waals surface area contributed by atoms with Gasteiger partial charge in [-0.15, -0.1) is 0 Å². The van der Waals surface area contributed by atoms with Crippen molar-refractivity contribution in [3.8, 4) is 0 Å². The highest BCUT2D eigenvalue weighted by Crippen LogP contribution is 1.94. The van der Waals surface area contributed by atoms with Crippen molar-refractivity contribution in [2.24, 2.45) is 0 Å². The van der Waals surface area contributed by atoms with Crippen molar-refractivity contribution in [1.29, 1.82) is 0 Å². The van der Waals surface area contributed by atoms with E-state index in [0.717, 1.165) is 0 Å². The molecule has 1 unspecified atom stereocenters. The molecule has 1 heterocycles. The van der Waals surface area contributed by atoms with Gasteiger partial charge in [0, 0.05) is 25.5 Å². The third kappa shape index (κ3) is 2.87. The molecule has 1 aromatic heterocycles. The average molecular weight is 183 g/mol. The Balaban J connectivity index is 2.63. The molecule has 0 aliphatic carbocycles. The molecule has 0 spiro atoms. The molecule has 1 atom stereocenters. The highest BCUT2D eigenvalue weighted by Gasteiger charge is 2.04. The number of nitrogens with one attached hydrogen (secondary N) is 2. The number of rotatable bonds is 4. The van der Waals surface area contributed by atoms with Crippen molar-refractivity contribution in [3.05, 3.63) is 22.7 Å². The van der Waals surface area contributed by atoms with Crippen molar-refractivity contribution in [3.63, 3.8) is 0 Å². The summed E-state index contributed by atoms with van der Waals surface area (Å²) in [6.45, 7) is 2.45. The summed E-state index contributed by atoms with van der Waals surface area (Å²) in [4.78, 5) is 17.6. The fraction of sp³-hybridized carbons (Fsp3) is 0.500. The Hall–Kier alpha value is -1.36. The van der Waals surface area contributed by atoms with Crippen LogP contribution in [0.1, 0.15) is 6.92 Å². The summed E-state index contributed by atoms with van der Waals surface area (Å²) in [5.41, 5.74) is -0.217. The number of anilines is 1. The van der Waals surface area contributed by atoms with E-state index in [1.807, 2.05) is 6.92 Å². The van der Waals surface area contributed by atoms with E-state index >= 15 is 0 Å². The summed E-state index contributed by atoms with van der Waals surface area (Å²) in [5, 5.41) is 2.93. The molecule has 2 N–H and O–H groups in total. The molecule has 0 aromatic carbocycles. The van der Waals surface area contributed by atoms with Gasteiger partial charge in [-0.2, -0.15) is 0 Å². The zero-order chi connectivity index (χ0) is 9.68. The monoisotopic (exact) mass is 183 g/mol. The maximum atomic E-state index is 11.1. The van der Waals surface area contributed by atoms with Crippen molar-refractivity contribution >= 4 is 5.82 Å². The van der Waals surface area contributed by atoms with Crippen molar-refractivity contribution < 1.29 is 4.74 Å². The predicted octanol–water partition coefficient (Wildman–Crippen LogP) is 0.217. The molecule has 1 rings (SSSR count). The largest absolute Gasteiger partial charge is 0.383 e. The van der Waals surface area contributed by atoms with Gasteiger partial charge in [-0.25, -0.2) is 4.98 Å². The molecule has 5 nitrogen and oxygen atoms in total. The average Bonchev–Trinajstić information content (AvgIpc) is 2.09. The van der Waals surface area contributed by atoms with Crippen LogP contribution in [0.5, 0.6) is 0 Å². The second kappa shape index (κ2) is 4.61. The van der Waals surface area contributed by atoms with Gasteiger partial charge in [0.05, 0.1) is 6.61 Å². The Labute approximate surface area is 76.2 Å². The number of methoxy groups -OCH3 is 1. The highest BCUT2D eigenvalue weighted by molar-refractivity contribution is 5.31. The second-order valence-electron chi connectivity index (χ2n) is 2.77. The first-order valence-electron chi connectivity index (χ1n) is 4.03. The summed E-state index contributed by atoms with van der Waals surface area (Å²) < 4.78 is 4.91. The van der Waals surface area contributed by atoms with Crippen LogP contribution in [0.4, 0.5) is 5.82 Å². The first kappa shape index (κ1) is 9.73. The Morgan fingerprint density at radius 3 is 3.15 bits per heavy atom. The van der Waals surface area contributed by atoms with Crippen LogP contribution in [0.15, 0.2) is 17.2 Å². The summed E-state index contributed by atoms with van der Waals surface area (Å²) >= 11 is 0. The molecule has 0 bridgehead atoms. The van der Waals surface area contributed by atoms with E-state index in [1.165, 1.54) is 12.4 Å². The molecule has 0 fully saturated rings. The summed E-state index contributed by atoms with van der Waals surface area (Å²) in [7, 11) is 1.61. The fourth-order valence-electron chi connectivity index (χ4n) is 0.980. The molecule has 0 saturated heterocycles. The van der Waals surface area contributed by atoms with Gasteiger partial charge in [0.1, 0.15) is 0 Å². The summed E-state index contributed by atoms with van der Waals surface area (Å²) in [6, 6.07) is 0.0704. The molecular formula is C8H13N3O2. The van der Waals surface area contributed by atoms with Gasteiger partial charge >= 0.3 is 0 Å². The van der Waals surface area contributed by atoms with Crippen LogP contribution in [-0.4, -0.2) is 29.7 Å². The number of aromatic nitrogens is 2. The minimum atomic E-state index is -0.217. The lowest BCUT2D eigenvalue weighted by Crippen LogP contribution is -2.26. The van der Waals surface area contributed by atoms with Gasteiger partial charge in [-0.3, -0.25) is 4.79 Å². The van der Waals surface area contributed by atoms with Crippen LogP contribution >= 0.6 is 0 Å².